The number of carbonyl (C=O) groups is 1. The average molecular weight is 357 g/mol. The van der Waals surface area contributed by atoms with Crippen LogP contribution in [-0.4, -0.2) is 51.9 Å². The molecule has 0 radical (unpaired) electrons. The third-order valence-corrected chi connectivity index (χ3v) is 5.42. The first-order valence-electron chi connectivity index (χ1n) is 9.94. The van der Waals surface area contributed by atoms with E-state index < -0.39 is 0 Å². The maximum atomic E-state index is 12.5. The predicted molar refractivity (Wildman–Crippen MR) is 106 cm³/mol. The predicted octanol–water partition coefficient (Wildman–Crippen LogP) is 3.70. The van der Waals surface area contributed by atoms with Crippen LogP contribution in [-0.2, 0) is 11.3 Å². The van der Waals surface area contributed by atoms with Gasteiger partial charge < -0.3 is 9.47 Å². The number of aromatic nitrogens is 2. The molecule has 1 amide bonds. The monoisotopic (exact) mass is 356 g/mol. The van der Waals surface area contributed by atoms with Crippen LogP contribution in [0.3, 0.4) is 0 Å². The average Bonchev–Trinajstić information content (AvgIpc) is 3.00. The summed E-state index contributed by atoms with van der Waals surface area (Å²) in [6, 6.07) is 8.76. The lowest BCUT2D eigenvalue weighted by Crippen LogP contribution is -2.41. The van der Waals surface area contributed by atoms with E-state index in [0.29, 0.717) is 11.9 Å². The molecule has 142 valence electrons. The van der Waals surface area contributed by atoms with Gasteiger partial charge in [0.1, 0.15) is 5.82 Å². The number of benzene rings is 1. The van der Waals surface area contributed by atoms with E-state index in [9.17, 15) is 4.79 Å². The molecule has 2 heterocycles. The van der Waals surface area contributed by atoms with E-state index >= 15 is 0 Å². The summed E-state index contributed by atoms with van der Waals surface area (Å²) in [6.07, 6.45) is 2.93. The molecule has 5 heteroatoms. The first kappa shape index (κ1) is 18.9. The normalized spacial score (nSPS) is 16.5. The van der Waals surface area contributed by atoms with Gasteiger partial charge in [-0.15, -0.1) is 0 Å². The van der Waals surface area contributed by atoms with Crippen LogP contribution in [0.4, 0.5) is 0 Å². The van der Waals surface area contributed by atoms with Gasteiger partial charge in [0, 0.05) is 25.6 Å². The number of para-hydroxylation sites is 2. The second kappa shape index (κ2) is 8.21. The molecule has 0 bridgehead atoms. The number of hydrogen-bond donors (Lipinski definition) is 0. The summed E-state index contributed by atoms with van der Waals surface area (Å²) in [6.45, 7) is 10.2. The Hall–Kier alpha value is -1.88. The fraction of sp³-hybridized carbons (Fsp3) is 0.619. The molecule has 0 aliphatic carbocycles. The van der Waals surface area contributed by atoms with Crippen molar-refractivity contribution in [3.8, 4) is 0 Å². The molecule has 1 aliphatic heterocycles. The first-order chi connectivity index (χ1) is 12.5. The standard InChI is InChI=1S/C21H32N4O/c1-5-12-23(4)21(26)17-10-13-24(14-11-17)15-20-22-18-8-6-7-9-19(18)25(20)16(2)3/h6-9,16-17H,5,10-15H2,1-4H3. The maximum absolute atomic E-state index is 12.5. The van der Waals surface area contributed by atoms with Crippen LogP contribution in [0.5, 0.6) is 0 Å². The summed E-state index contributed by atoms with van der Waals surface area (Å²) in [5.41, 5.74) is 2.28. The molecule has 2 aromatic rings. The van der Waals surface area contributed by atoms with Gasteiger partial charge in [0.05, 0.1) is 17.6 Å². The third kappa shape index (κ3) is 3.93. The Labute approximate surface area is 157 Å². The lowest BCUT2D eigenvalue weighted by atomic mass is 9.95. The van der Waals surface area contributed by atoms with Crippen molar-refractivity contribution in [2.75, 3.05) is 26.7 Å². The van der Waals surface area contributed by atoms with Crippen LogP contribution in [0.1, 0.15) is 51.9 Å². The number of carbonyl (C=O) groups excluding carboxylic acids is 1. The number of imidazole rings is 1. The van der Waals surface area contributed by atoms with E-state index in [1.54, 1.807) is 0 Å². The Morgan fingerprint density at radius 2 is 1.96 bits per heavy atom. The molecular weight excluding hydrogens is 324 g/mol. The Morgan fingerprint density at radius 3 is 2.62 bits per heavy atom. The number of hydrogen-bond acceptors (Lipinski definition) is 3. The highest BCUT2D eigenvalue weighted by atomic mass is 16.2. The molecule has 1 saturated heterocycles. The highest BCUT2D eigenvalue weighted by Crippen LogP contribution is 2.25. The number of amides is 1. The van der Waals surface area contributed by atoms with Crippen molar-refractivity contribution in [3.05, 3.63) is 30.1 Å². The highest BCUT2D eigenvalue weighted by molar-refractivity contribution is 5.78. The summed E-state index contributed by atoms with van der Waals surface area (Å²) in [5, 5.41) is 0. The van der Waals surface area contributed by atoms with E-state index in [-0.39, 0.29) is 5.92 Å². The Bertz CT molecular complexity index is 744. The quantitative estimate of drug-likeness (QED) is 0.792. The van der Waals surface area contributed by atoms with E-state index in [1.807, 2.05) is 18.0 Å². The molecule has 26 heavy (non-hydrogen) atoms. The number of fused-ring (bicyclic) bond motifs is 1. The third-order valence-electron chi connectivity index (χ3n) is 5.42. The van der Waals surface area contributed by atoms with Crippen molar-refractivity contribution >= 4 is 16.9 Å². The number of nitrogens with zero attached hydrogens (tertiary/aromatic N) is 4. The van der Waals surface area contributed by atoms with Crippen LogP contribution in [0.15, 0.2) is 24.3 Å². The molecule has 0 unspecified atom stereocenters. The second-order valence-electron chi connectivity index (χ2n) is 7.79. The van der Waals surface area contributed by atoms with E-state index in [1.165, 1.54) is 5.52 Å². The van der Waals surface area contributed by atoms with Gasteiger partial charge in [-0.2, -0.15) is 0 Å². The maximum Gasteiger partial charge on any atom is 0.225 e. The van der Waals surface area contributed by atoms with E-state index in [2.05, 4.69) is 48.4 Å². The van der Waals surface area contributed by atoms with Gasteiger partial charge in [0.25, 0.3) is 0 Å². The Balaban J connectivity index is 1.66. The molecule has 5 nitrogen and oxygen atoms in total. The fourth-order valence-corrected chi connectivity index (χ4v) is 4.08. The zero-order chi connectivity index (χ0) is 18.7. The number of rotatable bonds is 6. The topological polar surface area (TPSA) is 41.4 Å². The highest BCUT2D eigenvalue weighted by Gasteiger charge is 2.27. The Morgan fingerprint density at radius 1 is 1.27 bits per heavy atom. The van der Waals surface area contributed by atoms with Crippen molar-refractivity contribution in [3.63, 3.8) is 0 Å². The minimum Gasteiger partial charge on any atom is -0.346 e. The summed E-state index contributed by atoms with van der Waals surface area (Å²) in [4.78, 5) is 21.7. The molecular formula is C21H32N4O. The summed E-state index contributed by atoms with van der Waals surface area (Å²) in [7, 11) is 1.93. The van der Waals surface area contributed by atoms with Crippen molar-refractivity contribution in [2.45, 2.75) is 52.6 Å². The van der Waals surface area contributed by atoms with Crippen molar-refractivity contribution in [1.29, 1.82) is 0 Å². The molecule has 1 aromatic heterocycles. The number of likely N-dealkylation sites (tertiary alicyclic amines) is 1. The largest absolute Gasteiger partial charge is 0.346 e. The molecule has 0 atom stereocenters. The van der Waals surface area contributed by atoms with Gasteiger partial charge >= 0.3 is 0 Å². The molecule has 1 aromatic carbocycles. The summed E-state index contributed by atoms with van der Waals surface area (Å²) in [5.74, 6) is 1.64. The van der Waals surface area contributed by atoms with Crippen molar-refractivity contribution in [2.24, 2.45) is 5.92 Å². The van der Waals surface area contributed by atoms with Crippen LogP contribution in [0.2, 0.25) is 0 Å². The minimum absolute atomic E-state index is 0.187. The Kier molecular flexibility index (Phi) is 5.97. The summed E-state index contributed by atoms with van der Waals surface area (Å²) >= 11 is 0. The van der Waals surface area contributed by atoms with Gasteiger partial charge in [-0.05, 0) is 58.3 Å². The zero-order valence-corrected chi connectivity index (χ0v) is 16.6. The SMILES string of the molecule is CCCN(C)C(=O)C1CCN(Cc2nc3ccccc3n2C(C)C)CC1. The molecule has 0 spiro atoms. The van der Waals surface area contributed by atoms with Crippen LogP contribution in [0, 0.1) is 5.92 Å². The molecule has 0 N–H and O–H groups in total. The van der Waals surface area contributed by atoms with Crippen molar-refractivity contribution < 1.29 is 4.79 Å². The summed E-state index contributed by atoms with van der Waals surface area (Å²) < 4.78 is 2.35. The van der Waals surface area contributed by atoms with Gasteiger partial charge in [-0.25, -0.2) is 4.98 Å². The number of piperidine rings is 1. The minimum atomic E-state index is 0.187. The van der Waals surface area contributed by atoms with Crippen LogP contribution >= 0.6 is 0 Å². The van der Waals surface area contributed by atoms with Gasteiger partial charge in [0.2, 0.25) is 5.91 Å². The lowest BCUT2D eigenvalue weighted by molar-refractivity contribution is -0.135. The zero-order valence-electron chi connectivity index (χ0n) is 16.6. The first-order valence-corrected chi connectivity index (χ1v) is 9.94. The lowest BCUT2D eigenvalue weighted by Gasteiger charge is -2.33. The smallest absolute Gasteiger partial charge is 0.225 e. The van der Waals surface area contributed by atoms with Gasteiger partial charge in [-0.3, -0.25) is 9.69 Å². The van der Waals surface area contributed by atoms with Gasteiger partial charge in [-0.1, -0.05) is 19.1 Å². The van der Waals surface area contributed by atoms with E-state index in [0.717, 1.165) is 56.8 Å². The molecule has 1 aliphatic rings. The second-order valence-corrected chi connectivity index (χ2v) is 7.79. The van der Waals surface area contributed by atoms with Crippen LogP contribution in [0.25, 0.3) is 11.0 Å². The molecule has 1 fully saturated rings. The van der Waals surface area contributed by atoms with Crippen LogP contribution < -0.4 is 0 Å². The van der Waals surface area contributed by atoms with Gasteiger partial charge in [0.15, 0.2) is 0 Å². The fourth-order valence-electron chi connectivity index (χ4n) is 4.08. The molecule has 3 rings (SSSR count). The van der Waals surface area contributed by atoms with E-state index in [4.69, 9.17) is 4.98 Å². The molecule has 0 saturated carbocycles. The van der Waals surface area contributed by atoms with Crippen molar-refractivity contribution in [1.82, 2.24) is 19.4 Å².